The van der Waals surface area contributed by atoms with Crippen molar-refractivity contribution >= 4 is 11.6 Å². The van der Waals surface area contributed by atoms with Gasteiger partial charge in [-0.1, -0.05) is 29.8 Å². The summed E-state index contributed by atoms with van der Waals surface area (Å²) in [5.41, 5.74) is 6.52. The number of pyridine rings is 1. The lowest BCUT2D eigenvalue weighted by Gasteiger charge is -2.08. The number of aromatic nitrogens is 1. The van der Waals surface area contributed by atoms with E-state index in [1.807, 2.05) is 0 Å². The van der Waals surface area contributed by atoms with Gasteiger partial charge in [0.1, 0.15) is 12.4 Å². The third-order valence-corrected chi connectivity index (χ3v) is 2.76. The summed E-state index contributed by atoms with van der Waals surface area (Å²) in [6.07, 6.45) is 0. The monoisotopic (exact) mass is 266 g/mol. The van der Waals surface area contributed by atoms with Crippen molar-refractivity contribution in [1.29, 1.82) is 0 Å². The Morgan fingerprint density at radius 3 is 2.72 bits per heavy atom. The Morgan fingerprint density at radius 2 is 2.00 bits per heavy atom. The minimum Gasteiger partial charge on any atom is -0.473 e. The summed E-state index contributed by atoms with van der Waals surface area (Å²) in [7, 11) is 0. The lowest BCUT2D eigenvalue weighted by molar-refractivity contribution is 0.287. The maximum atomic E-state index is 13.4. The molecule has 0 saturated carbocycles. The van der Waals surface area contributed by atoms with Crippen molar-refractivity contribution < 1.29 is 9.13 Å². The first-order chi connectivity index (χ1) is 8.70. The predicted molar refractivity (Wildman–Crippen MR) is 67.9 cm³/mol. The molecule has 0 bridgehead atoms. The van der Waals surface area contributed by atoms with E-state index in [9.17, 15) is 4.39 Å². The first-order valence-corrected chi connectivity index (χ1v) is 5.80. The van der Waals surface area contributed by atoms with Crippen LogP contribution in [0.25, 0.3) is 0 Å². The summed E-state index contributed by atoms with van der Waals surface area (Å²) in [4.78, 5) is 4.13. The molecule has 1 aromatic carbocycles. The summed E-state index contributed by atoms with van der Waals surface area (Å²) in [6, 6.07) is 9.72. The molecule has 0 aliphatic carbocycles. The minimum absolute atomic E-state index is 0.116. The Kier molecular flexibility index (Phi) is 4.12. The van der Waals surface area contributed by atoms with E-state index in [1.165, 1.54) is 6.07 Å². The van der Waals surface area contributed by atoms with Crippen LogP contribution in [0.3, 0.4) is 0 Å². The van der Waals surface area contributed by atoms with Crippen LogP contribution in [-0.4, -0.2) is 4.98 Å². The molecule has 2 N–H and O–H groups in total. The maximum absolute atomic E-state index is 13.4. The van der Waals surface area contributed by atoms with E-state index < -0.39 is 0 Å². The molecule has 0 atom stereocenters. The van der Waals surface area contributed by atoms with Gasteiger partial charge in [0, 0.05) is 18.2 Å². The van der Waals surface area contributed by atoms with Crippen molar-refractivity contribution in [2.45, 2.75) is 13.2 Å². The van der Waals surface area contributed by atoms with Gasteiger partial charge in [-0.3, -0.25) is 0 Å². The molecule has 1 aromatic heterocycles. The van der Waals surface area contributed by atoms with Crippen LogP contribution < -0.4 is 10.5 Å². The molecule has 0 fully saturated rings. The number of ether oxygens (including phenoxy) is 1. The Balaban J connectivity index is 2.09. The molecule has 5 heteroatoms. The standard InChI is InChI=1S/C13H12ClFN2O/c14-10-5-6-13(17-12(10)7-16)18-8-9-3-1-2-4-11(9)15/h1-6H,7-8,16H2. The molecule has 1 heterocycles. The van der Waals surface area contributed by atoms with Crippen molar-refractivity contribution in [3.63, 3.8) is 0 Å². The van der Waals surface area contributed by atoms with Crippen LogP contribution in [0.1, 0.15) is 11.3 Å². The van der Waals surface area contributed by atoms with Crippen LogP contribution >= 0.6 is 11.6 Å². The van der Waals surface area contributed by atoms with E-state index in [1.54, 1.807) is 30.3 Å². The molecule has 0 spiro atoms. The van der Waals surface area contributed by atoms with Gasteiger partial charge >= 0.3 is 0 Å². The maximum Gasteiger partial charge on any atom is 0.213 e. The van der Waals surface area contributed by atoms with Gasteiger partial charge in [-0.2, -0.15) is 0 Å². The minimum atomic E-state index is -0.300. The number of benzene rings is 1. The number of nitrogens with two attached hydrogens (primary N) is 1. The second-order valence-corrected chi connectivity index (χ2v) is 4.07. The Labute approximate surface area is 109 Å². The van der Waals surface area contributed by atoms with Crippen LogP contribution in [0.5, 0.6) is 5.88 Å². The van der Waals surface area contributed by atoms with E-state index in [0.29, 0.717) is 22.2 Å². The average molecular weight is 267 g/mol. The Bertz CT molecular complexity index is 548. The lowest BCUT2D eigenvalue weighted by atomic mass is 10.2. The number of halogens is 2. The van der Waals surface area contributed by atoms with Gasteiger partial charge < -0.3 is 10.5 Å². The van der Waals surface area contributed by atoms with Crippen molar-refractivity contribution in [2.24, 2.45) is 5.73 Å². The highest BCUT2D eigenvalue weighted by Crippen LogP contribution is 2.18. The van der Waals surface area contributed by atoms with E-state index in [4.69, 9.17) is 22.1 Å². The quantitative estimate of drug-likeness (QED) is 0.926. The van der Waals surface area contributed by atoms with Gasteiger partial charge in [-0.05, 0) is 12.1 Å². The van der Waals surface area contributed by atoms with Gasteiger partial charge in [0.15, 0.2) is 0 Å². The zero-order chi connectivity index (χ0) is 13.0. The second kappa shape index (κ2) is 5.80. The van der Waals surface area contributed by atoms with E-state index in [0.717, 1.165) is 0 Å². The first kappa shape index (κ1) is 12.8. The van der Waals surface area contributed by atoms with Gasteiger partial charge in [-0.15, -0.1) is 0 Å². The fraction of sp³-hybridized carbons (Fsp3) is 0.154. The van der Waals surface area contributed by atoms with E-state index >= 15 is 0 Å². The fourth-order valence-electron chi connectivity index (χ4n) is 1.46. The normalized spacial score (nSPS) is 10.4. The Hall–Kier alpha value is -1.65. The molecule has 0 unspecified atom stereocenters. The van der Waals surface area contributed by atoms with Crippen LogP contribution in [0.2, 0.25) is 5.02 Å². The number of rotatable bonds is 4. The molecule has 0 radical (unpaired) electrons. The molecular weight excluding hydrogens is 255 g/mol. The highest BCUT2D eigenvalue weighted by molar-refractivity contribution is 6.31. The zero-order valence-corrected chi connectivity index (χ0v) is 10.3. The van der Waals surface area contributed by atoms with Crippen molar-refractivity contribution in [3.8, 4) is 5.88 Å². The summed E-state index contributed by atoms with van der Waals surface area (Å²) < 4.78 is 18.8. The largest absolute Gasteiger partial charge is 0.473 e. The average Bonchev–Trinajstić information content (AvgIpc) is 2.39. The second-order valence-electron chi connectivity index (χ2n) is 3.66. The van der Waals surface area contributed by atoms with Gasteiger partial charge in [0.05, 0.1) is 10.7 Å². The molecule has 0 aliphatic heterocycles. The molecule has 2 aromatic rings. The van der Waals surface area contributed by atoms with Crippen molar-refractivity contribution in [2.75, 3.05) is 0 Å². The van der Waals surface area contributed by atoms with Crippen LogP contribution in [0.15, 0.2) is 36.4 Å². The molecule has 2 rings (SSSR count). The lowest BCUT2D eigenvalue weighted by Crippen LogP contribution is -2.04. The van der Waals surface area contributed by atoms with E-state index in [-0.39, 0.29) is 19.0 Å². The first-order valence-electron chi connectivity index (χ1n) is 5.42. The molecule has 0 aliphatic rings. The van der Waals surface area contributed by atoms with Crippen LogP contribution in [-0.2, 0) is 13.2 Å². The molecule has 94 valence electrons. The van der Waals surface area contributed by atoms with Gasteiger partial charge in [-0.25, -0.2) is 9.37 Å². The summed E-state index contributed by atoms with van der Waals surface area (Å²) in [6.45, 7) is 0.348. The number of hydrogen-bond donors (Lipinski definition) is 1. The summed E-state index contributed by atoms with van der Waals surface area (Å²) in [5.74, 6) is 0.0774. The third-order valence-electron chi connectivity index (χ3n) is 2.42. The summed E-state index contributed by atoms with van der Waals surface area (Å²) in [5, 5.41) is 0.496. The third kappa shape index (κ3) is 2.97. The highest BCUT2D eigenvalue weighted by atomic mass is 35.5. The smallest absolute Gasteiger partial charge is 0.213 e. The topological polar surface area (TPSA) is 48.1 Å². The summed E-state index contributed by atoms with van der Waals surface area (Å²) >= 11 is 5.88. The van der Waals surface area contributed by atoms with E-state index in [2.05, 4.69) is 4.98 Å². The van der Waals surface area contributed by atoms with Crippen molar-refractivity contribution in [1.82, 2.24) is 4.98 Å². The molecule has 0 amide bonds. The van der Waals surface area contributed by atoms with Crippen molar-refractivity contribution in [3.05, 3.63) is 58.5 Å². The number of hydrogen-bond acceptors (Lipinski definition) is 3. The molecule has 0 saturated heterocycles. The van der Waals surface area contributed by atoms with Gasteiger partial charge in [0.25, 0.3) is 0 Å². The highest BCUT2D eigenvalue weighted by Gasteiger charge is 2.05. The SMILES string of the molecule is NCc1nc(OCc2ccccc2F)ccc1Cl. The van der Waals surface area contributed by atoms with Crippen LogP contribution in [0, 0.1) is 5.82 Å². The Morgan fingerprint density at radius 1 is 1.22 bits per heavy atom. The number of nitrogens with zero attached hydrogens (tertiary/aromatic N) is 1. The molecule has 3 nitrogen and oxygen atoms in total. The molecular formula is C13H12ClFN2O. The zero-order valence-electron chi connectivity index (χ0n) is 9.57. The fourth-order valence-corrected chi connectivity index (χ4v) is 1.64. The van der Waals surface area contributed by atoms with Crippen LogP contribution in [0.4, 0.5) is 4.39 Å². The molecule has 18 heavy (non-hydrogen) atoms. The van der Waals surface area contributed by atoms with Gasteiger partial charge in [0.2, 0.25) is 5.88 Å². The predicted octanol–water partition coefficient (Wildman–Crippen LogP) is 2.91.